The molecule has 1 fully saturated rings. The van der Waals surface area contributed by atoms with Gasteiger partial charge < -0.3 is 10.1 Å². The lowest BCUT2D eigenvalue weighted by Crippen LogP contribution is -2.43. The minimum Gasteiger partial charge on any atom is -0.369 e. The van der Waals surface area contributed by atoms with Crippen LogP contribution in [0.15, 0.2) is 12.3 Å². The van der Waals surface area contributed by atoms with Crippen LogP contribution in [0.2, 0.25) is 0 Å². The number of hydrogen-bond acceptors (Lipinski definition) is 4. The van der Waals surface area contributed by atoms with Crippen molar-refractivity contribution in [3.63, 3.8) is 0 Å². The third-order valence-electron chi connectivity index (χ3n) is 1.63. The Morgan fingerprint density at radius 1 is 1.69 bits per heavy atom. The van der Waals surface area contributed by atoms with E-state index in [0.29, 0.717) is 18.8 Å². The van der Waals surface area contributed by atoms with Gasteiger partial charge in [-0.05, 0) is 0 Å². The molecule has 0 aromatic rings. The van der Waals surface area contributed by atoms with Crippen LogP contribution < -0.4 is 10.0 Å². The second-order valence-corrected chi connectivity index (χ2v) is 4.71. The first-order valence-electron chi connectivity index (χ1n) is 3.98. The first-order chi connectivity index (χ1) is 5.99. The van der Waals surface area contributed by atoms with Gasteiger partial charge in [-0.1, -0.05) is 6.58 Å². The number of morpholine rings is 1. The van der Waals surface area contributed by atoms with Crippen LogP contribution in [0.25, 0.3) is 0 Å². The third kappa shape index (κ3) is 3.75. The molecule has 1 aliphatic rings. The van der Waals surface area contributed by atoms with Gasteiger partial charge in [0.25, 0.3) is 0 Å². The van der Waals surface area contributed by atoms with Gasteiger partial charge in [0.05, 0.1) is 12.9 Å². The predicted molar refractivity (Wildman–Crippen MR) is 49.7 cm³/mol. The molecule has 76 valence electrons. The minimum absolute atomic E-state index is 0.261. The highest BCUT2D eigenvalue weighted by Crippen LogP contribution is 2.04. The van der Waals surface area contributed by atoms with Gasteiger partial charge in [-0.15, -0.1) is 0 Å². The number of hydrogen-bond donors (Lipinski definition) is 2. The summed E-state index contributed by atoms with van der Waals surface area (Å²) in [6.07, 6.45) is 0.831. The Kier molecular flexibility index (Phi) is 3.29. The number of ether oxygens (including phenoxy) is 1. The Hall–Kier alpha value is -0.590. The van der Waals surface area contributed by atoms with Crippen molar-refractivity contribution in [2.45, 2.75) is 6.10 Å². The molecule has 13 heavy (non-hydrogen) atoms. The number of sulfonamides is 1. The summed E-state index contributed by atoms with van der Waals surface area (Å²) in [6, 6.07) is 0. The molecule has 6 heteroatoms. The largest absolute Gasteiger partial charge is 0.369 e. The Morgan fingerprint density at radius 3 is 2.85 bits per heavy atom. The lowest BCUT2D eigenvalue weighted by atomic mass is 10.2. The van der Waals surface area contributed by atoms with Gasteiger partial charge >= 0.3 is 0 Å². The average Bonchev–Trinajstić information content (AvgIpc) is 2.03. The average molecular weight is 206 g/mol. The van der Waals surface area contributed by atoms with E-state index in [-0.39, 0.29) is 6.10 Å². The Balaban J connectivity index is 2.47. The van der Waals surface area contributed by atoms with Gasteiger partial charge in [-0.2, -0.15) is 0 Å². The van der Waals surface area contributed by atoms with Gasteiger partial charge in [0.15, 0.2) is 0 Å². The maximum atomic E-state index is 10.8. The van der Waals surface area contributed by atoms with Crippen molar-refractivity contribution in [1.29, 1.82) is 0 Å². The minimum atomic E-state index is -3.23. The molecule has 2 N–H and O–H groups in total. The molecule has 0 saturated carbocycles. The van der Waals surface area contributed by atoms with Crippen LogP contribution in [0.5, 0.6) is 0 Å². The molecule has 1 heterocycles. The summed E-state index contributed by atoms with van der Waals surface area (Å²) < 4.78 is 29.3. The fourth-order valence-electron chi connectivity index (χ4n) is 1.09. The predicted octanol–water partition coefficient (Wildman–Crippen LogP) is -0.962. The zero-order valence-electron chi connectivity index (χ0n) is 7.54. The zero-order chi connectivity index (χ0) is 9.90. The van der Waals surface area contributed by atoms with Gasteiger partial charge in [0.1, 0.15) is 6.10 Å². The first kappa shape index (κ1) is 10.5. The fourth-order valence-corrected chi connectivity index (χ4v) is 1.70. The van der Waals surface area contributed by atoms with E-state index >= 15 is 0 Å². The molecule has 5 nitrogen and oxygen atoms in total. The van der Waals surface area contributed by atoms with Crippen LogP contribution in [0, 0.1) is 0 Å². The molecule has 0 radical (unpaired) electrons. The summed E-state index contributed by atoms with van der Waals surface area (Å²) >= 11 is 0. The van der Waals surface area contributed by atoms with Crippen molar-refractivity contribution in [3.05, 3.63) is 12.3 Å². The van der Waals surface area contributed by atoms with E-state index < -0.39 is 10.0 Å². The highest BCUT2D eigenvalue weighted by atomic mass is 32.2. The van der Waals surface area contributed by atoms with Crippen molar-refractivity contribution in [1.82, 2.24) is 10.0 Å². The van der Waals surface area contributed by atoms with E-state index in [1.54, 1.807) is 0 Å². The summed E-state index contributed by atoms with van der Waals surface area (Å²) in [5.74, 6) is 0. The highest BCUT2D eigenvalue weighted by Gasteiger charge is 2.18. The van der Waals surface area contributed by atoms with Crippen LogP contribution in [0.4, 0.5) is 0 Å². The molecular weight excluding hydrogens is 192 g/mol. The molecule has 1 rings (SSSR count). The lowest BCUT2D eigenvalue weighted by Gasteiger charge is -2.25. The van der Waals surface area contributed by atoms with E-state index in [0.717, 1.165) is 12.8 Å². The molecule has 1 saturated heterocycles. The number of nitrogens with one attached hydrogen (secondary N) is 2. The van der Waals surface area contributed by atoms with Crippen LogP contribution in [-0.4, -0.2) is 40.5 Å². The smallest absolute Gasteiger partial charge is 0.229 e. The Morgan fingerprint density at radius 2 is 2.38 bits per heavy atom. The van der Waals surface area contributed by atoms with Crippen molar-refractivity contribution in [3.8, 4) is 0 Å². The standard InChI is InChI=1S/C7H14N2O3S/c1-6(9-13(2,10)11)7-5-8-3-4-12-7/h7-9H,1,3-5H2,2H3/t7-/m0/s1. The van der Waals surface area contributed by atoms with Crippen molar-refractivity contribution in [2.24, 2.45) is 0 Å². The second-order valence-electron chi connectivity index (χ2n) is 2.96. The van der Waals surface area contributed by atoms with E-state index in [2.05, 4.69) is 16.6 Å². The highest BCUT2D eigenvalue weighted by molar-refractivity contribution is 7.88. The van der Waals surface area contributed by atoms with Gasteiger partial charge in [0.2, 0.25) is 10.0 Å². The molecule has 0 unspecified atom stereocenters. The zero-order valence-corrected chi connectivity index (χ0v) is 8.36. The van der Waals surface area contributed by atoms with Crippen LogP contribution in [-0.2, 0) is 14.8 Å². The van der Waals surface area contributed by atoms with E-state index in [1.807, 2.05) is 0 Å². The summed E-state index contributed by atoms with van der Waals surface area (Å²) in [7, 11) is -3.23. The topological polar surface area (TPSA) is 67.4 Å². The molecule has 1 atom stereocenters. The molecular formula is C7H14N2O3S. The number of rotatable bonds is 3. The molecule has 0 amide bonds. The molecule has 0 aromatic heterocycles. The van der Waals surface area contributed by atoms with E-state index in [4.69, 9.17) is 4.74 Å². The van der Waals surface area contributed by atoms with Gasteiger partial charge in [-0.25, -0.2) is 8.42 Å². The molecule has 0 aromatic carbocycles. The summed E-state index contributed by atoms with van der Waals surface area (Å²) in [6.45, 7) is 5.58. The second kappa shape index (κ2) is 4.08. The Bertz CT molecular complexity index is 280. The van der Waals surface area contributed by atoms with Crippen LogP contribution in [0.1, 0.15) is 0 Å². The van der Waals surface area contributed by atoms with Crippen LogP contribution >= 0.6 is 0 Å². The lowest BCUT2D eigenvalue weighted by molar-refractivity contribution is 0.0499. The maximum Gasteiger partial charge on any atom is 0.229 e. The quantitative estimate of drug-likeness (QED) is 0.624. The molecule has 0 spiro atoms. The fraction of sp³-hybridized carbons (Fsp3) is 0.714. The normalized spacial score (nSPS) is 23.9. The summed E-state index contributed by atoms with van der Waals surface area (Å²) in [4.78, 5) is 0. The summed E-state index contributed by atoms with van der Waals surface area (Å²) in [5.41, 5.74) is 0.384. The van der Waals surface area contributed by atoms with Gasteiger partial charge in [-0.3, -0.25) is 4.72 Å². The summed E-state index contributed by atoms with van der Waals surface area (Å²) in [5, 5.41) is 3.08. The van der Waals surface area contributed by atoms with Gasteiger partial charge in [0, 0.05) is 18.8 Å². The maximum absolute atomic E-state index is 10.8. The SMILES string of the molecule is C=C(NS(C)(=O)=O)[C@@H]1CNCCO1. The molecule has 0 aliphatic carbocycles. The van der Waals surface area contributed by atoms with Crippen LogP contribution in [0.3, 0.4) is 0 Å². The van der Waals surface area contributed by atoms with Crippen molar-refractivity contribution < 1.29 is 13.2 Å². The Labute approximate surface area is 78.2 Å². The third-order valence-corrected chi connectivity index (χ3v) is 2.27. The van der Waals surface area contributed by atoms with Crippen molar-refractivity contribution in [2.75, 3.05) is 26.0 Å². The van der Waals surface area contributed by atoms with E-state index in [1.165, 1.54) is 0 Å². The van der Waals surface area contributed by atoms with E-state index in [9.17, 15) is 8.42 Å². The first-order valence-corrected chi connectivity index (χ1v) is 5.87. The monoisotopic (exact) mass is 206 g/mol. The molecule has 1 aliphatic heterocycles. The van der Waals surface area contributed by atoms with Crippen molar-refractivity contribution >= 4 is 10.0 Å². The molecule has 0 bridgehead atoms.